The molecule has 116 valence electrons. The first-order valence-corrected chi connectivity index (χ1v) is 7.50. The third-order valence-corrected chi connectivity index (χ3v) is 4.02. The van der Waals surface area contributed by atoms with Gasteiger partial charge in [0.2, 0.25) is 5.91 Å². The smallest absolute Gasteiger partial charge is 0.244 e. The van der Waals surface area contributed by atoms with Crippen molar-refractivity contribution in [2.45, 2.75) is 52.7 Å². The van der Waals surface area contributed by atoms with E-state index in [1.54, 1.807) is 6.07 Å². The van der Waals surface area contributed by atoms with E-state index < -0.39 is 5.54 Å². The Kier molecular flexibility index (Phi) is 4.11. The van der Waals surface area contributed by atoms with E-state index in [9.17, 15) is 9.18 Å². The lowest BCUT2D eigenvalue weighted by Crippen LogP contribution is -2.43. The molecule has 3 nitrogen and oxygen atoms in total. The molecule has 1 aromatic carbocycles. The van der Waals surface area contributed by atoms with E-state index in [0.717, 1.165) is 5.56 Å². The van der Waals surface area contributed by atoms with Gasteiger partial charge in [0.1, 0.15) is 12.0 Å². The van der Waals surface area contributed by atoms with Crippen LogP contribution in [0.2, 0.25) is 0 Å². The van der Waals surface area contributed by atoms with Crippen molar-refractivity contribution in [3.8, 4) is 0 Å². The molecule has 0 radical (unpaired) electrons. The molecule has 0 spiro atoms. The monoisotopic (exact) mass is 292 g/mol. The molecule has 0 aliphatic carbocycles. The molecule has 1 aliphatic rings. The van der Waals surface area contributed by atoms with Gasteiger partial charge in [0.15, 0.2) is 0 Å². The third-order valence-electron chi connectivity index (χ3n) is 4.02. The number of amides is 1. The standard InChI is InChI=1S/C17H25FN2O/c1-6-17(5)15(21)20(11-16(2,3)4)14(19-17)12-8-7-9-13(18)10-12/h7-10,14,19H,6,11H2,1-5H3. The fraction of sp³-hybridized carbons (Fsp3) is 0.588. The average molecular weight is 292 g/mol. The number of carbonyl (C=O) groups excluding carboxylic acids is 1. The molecule has 0 bridgehead atoms. The number of carbonyl (C=O) groups is 1. The molecular weight excluding hydrogens is 267 g/mol. The predicted molar refractivity (Wildman–Crippen MR) is 82.1 cm³/mol. The fourth-order valence-corrected chi connectivity index (χ4v) is 2.74. The second-order valence-electron chi connectivity index (χ2n) is 7.28. The number of rotatable bonds is 3. The number of halogens is 1. The lowest BCUT2D eigenvalue weighted by molar-refractivity contribution is -0.134. The molecule has 1 aromatic rings. The van der Waals surface area contributed by atoms with Crippen LogP contribution in [0.15, 0.2) is 24.3 Å². The maximum Gasteiger partial charge on any atom is 0.244 e. The molecule has 1 aliphatic heterocycles. The highest BCUT2D eigenvalue weighted by molar-refractivity contribution is 5.88. The summed E-state index contributed by atoms with van der Waals surface area (Å²) in [7, 11) is 0. The van der Waals surface area contributed by atoms with Crippen molar-refractivity contribution < 1.29 is 9.18 Å². The molecule has 4 heteroatoms. The van der Waals surface area contributed by atoms with Crippen LogP contribution in [-0.4, -0.2) is 22.9 Å². The van der Waals surface area contributed by atoms with Gasteiger partial charge in [-0.1, -0.05) is 39.8 Å². The number of nitrogens with zero attached hydrogens (tertiary/aromatic N) is 1. The summed E-state index contributed by atoms with van der Waals surface area (Å²) in [6.45, 7) is 10.9. The molecule has 2 rings (SSSR count). The van der Waals surface area contributed by atoms with Crippen LogP contribution in [0.25, 0.3) is 0 Å². The van der Waals surface area contributed by atoms with Crippen LogP contribution in [0.1, 0.15) is 52.8 Å². The molecule has 1 N–H and O–H groups in total. The van der Waals surface area contributed by atoms with Gasteiger partial charge in [0, 0.05) is 6.54 Å². The second kappa shape index (κ2) is 5.41. The average Bonchev–Trinajstić information content (AvgIpc) is 2.63. The Morgan fingerprint density at radius 1 is 1.38 bits per heavy atom. The van der Waals surface area contributed by atoms with Crippen LogP contribution >= 0.6 is 0 Å². The number of benzene rings is 1. The van der Waals surface area contributed by atoms with Crippen molar-refractivity contribution in [2.24, 2.45) is 5.41 Å². The molecule has 0 aromatic heterocycles. The summed E-state index contributed by atoms with van der Waals surface area (Å²) >= 11 is 0. The van der Waals surface area contributed by atoms with Crippen molar-refractivity contribution >= 4 is 5.91 Å². The van der Waals surface area contributed by atoms with Crippen LogP contribution in [0, 0.1) is 11.2 Å². The molecular formula is C17H25FN2O. The van der Waals surface area contributed by atoms with E-state index in [0.29, 0.717) is 13.0 Å². The Morgan fingerprint density at radius 2 is 2.05 bits per heavy atom. The first-order chi connectivity index (χ1) is 9.66. The van der Waals surface area contributed by atoms with Gasteiger partial charge >= 0.3 is 0 Å². The van der Waals surface area contributed by atoms with E-state index in [4.69, 9.17) is 0 Å². The third kappa shape index (κ3) is 3.26. The van der Waals surface area contributed by atoms with Crippen molar-refractivity contribution in [3.05, 3.63) is 35.6 Å². The topological polar surface area (TPSA) is 32.3 Å². The van der Waals surface area contributed by atoms with Crippen molar-refractivity contribution in [1.82, 2.24) is 10.2 Å². The van der Waals surface area contributed by atoms with Gasteiger partial charge in [-0.2, -0.15) is 0 Å². The number of hydrogen-bond donors (Lipinski definition) is 1. The first-order valence-electron chi connectivity index (χ1n) is 7.50. The largest absolute Gasteiger partial charge is 0.321 e. The van der Waals surface area contributed by atoms with Gasteiger partial charge in [-0.25, -0.2) is 4.39 Å². The Hall–Kier alpha value is -1.42. The summed E-state index contributed by atoms with van der Waals surface area (Å²) in [6.07, 6.45) is 0.440. The van der Waals surface area contributed by atoms with Crippen LogP contribution < -0.4 is 5.32 Å². The summed E-state index contributed by atoms with van der Waals surface area (Å²) in [5.74, 6) is -0.184. The van der Waals surface area contributed by atoms with Gasteiger partial charge in [0.25, 0.3) is 0 Å². The summed E-state index contributed by atoms with van der Waals surface area (Å²) in [4.78, 5) is 14.6. The Bertz CT molecular complexity index is 538. The lowest BCUT2D eigenvalue weighted by atomic mass is 9.94. The predicted octanol–water partition coefficient (Wildman–Crippen LogP) is 3.47. The highest BCUT2D eigenvalue weighted by Crippen LogP contribution is 2.35. The quantitative estimate of drug-likeness (QED) is 0.925. The minimum atomic E-state index is -0.581. The van der Waals surface area contributed by atoms with Crippen LogP contribution in [0.5, 0.6) is 0 Å². The minimum Gasteiger partial charge on any atom is -0.321 e. The van der Waals surface area contributed by atoms with Crippen molar-refractivity contribution in [1.29, 1.82) is 0 Å². The highest BCUT2D eigenvalue weighted by Gasteiger charge is 2.48. The van der Waals surface area contributed by atoms with E-state index in [2.05, 4.69) is 26.1 Å². The number of hydrogen-bond acceptors (Lipinski definition) is 2. The summed E-state index contributed by atoms with van der Waals surface area (Å²) < 4.78 is 13.5. The van der Waals surface area contributed by atoms with Gasteiger partial charge in [-0.3, -0.25) is 10.1 Å². The normalized spacial score (nSPS) is 26.5. The van der Waals surface area contributed by atoms with Crippen LogP contribution in [0.4, 0.5) is 4.39 Å². The molecule has 1 heterocycles. The van der Waals surface area contributed by atoms with E-state index in [-0.39, 0.29) is 23.3 Å². The summed E-state index contributed by atoms with van der Waals surface area (Å²) in [5.41, 5.74) is 0.203. The Labute approximate surface area is 126 Å². The van der Waals surface area contributed by atoms with Crippen molar-refractivity contribution in [3.63, 3.8) is 0 Å². The van der Waals surface area contributed by atoms with Crippen LogP contribution in [0.3, 0.4) is 0 Å². The molecule has 2 atom stereocenters. The molecule has 1 amide bonds. The Balaban J connectivity index is 2.39. The van der Waals surface area contributed by atoms with Gasteiger partial charge in [-0.05, 0) is 36.5 Å². The molecule has 2 unspecified atom stereocenters. The maximum atomic E-state index is 13.5. The number of nitrogens with one attached hydrogen (secondary N) is 1. The molecule has 1 saturated heterocycles. The summed E-state index contributed by atoms with van der Waals surface area (Å²) in [6, 6.07) is 6.48. The maximum absolute atomic E-state index is 13.5. The van der Waals surface area contributed by atoms with Gasteiger partial charge in [0.05, 0.1) is 5.54 Å². The Morgan fingerprint density at radius 3 is 2.57 bits per heavy atom. The van der Waals surface area contributed by atoms with Crippen molar-refractivity contribution in [2.75, 3.05) is 6.54 Å². The zero-order chi connectivity index (χ0) is 15.8. The van der Waals surface area contributed by atoms with Gasteiger partial charge < -0.3 is 4.90 Å². The first kappa shape index (κ1) is 16.0. The zero-order valence-electron chi connectivity index (χ0n) is 13.5. The second-order valence-corrected chi connectivity index (χ2v) is 7.28. The minimum absolute atomic E-state index is 0.0120. The highest BCUT2D eigenvalue weighted by atomic mass is 19.1. The van der Waals surface area contributed by atoms with E-state index in [1.807, 2.05) is 24.8 Å². The van der Waals surface area contributed by atoms with Crippen LogP contribution in [-0.2, 0) is 4.79 Å². The van der Waals surface area contributed by atoms with E-state index >= 15 is 0 Å². The molecule has 21 heavy (non-hydrogen) atoms. The SMILES string of the molecule is CCC1(C)NC(c2cccc(F)c2)N(CC(C)(C)C)C1=O. The summed E-state index contributed by atoms with van der Waals surface area (Å²) in [5, 5.41) is 3.39. The van der Waals surface area contributed by atoms with E-state index in [1.165, 1.54) is 12.1 Å². The molecule has 1 fully saturated rings. The molecule has 0 saturated carbocycles. The van der Waals surface area contributed by atoms with Gasteiger partial charge in [-0.15, -0.1) is 0 Å². The lowest BCUT2D eigenvalue weighted by Gasteiger charge is -2.31. The zero-order valence-corrected chi connectivity index (χ0v) is 13.5. The fourth-order valence-electron chi connectivity index (χ4n) is 2.74.